The molecule has 2 heteroatoms. The number of fused-ring (bicyclic) bond motifs is 5. The quantitative estimate of drug-likeness (QED) is 0.698. The molecule has 4 rings (SSSR count). The molecular formula is C22H36O2. The van der Waals surface area contributed by atoms with E-state index in [0.29, 0.717) is 23.7 Å². The van der Waals surface area contributed by atoms with Crippen LogP contribution < -0.4 is 0 Å². The normalized spacial score (nSPS) is 50.7. The van der Waals surface area contributed by atoms with E-state index in [1.54, 1.807) is 0 Å². The average molecular weight is 333 g/mol. The molecule has 0 amide bonds. The summed E-state index contributed by atoms with van der Waals surface area (Å²) in [5.41, 5.74) is 0.709. The van der Waals surface area contributed by atoms with Crippen molar-refractivity contribution < 1.29 is 9.90 Å². The van der Waals surface area contributed by atoms with Crippen LogP contribution in [0.5, 0.6) is 0 Å². The smallest absolute Gasteiger partial charge is 0.303 e. The fourth-order valence-electron chi connectivity index (χ4n) is 8.47. The molecule has 0 aliphatic heterocycles. The fourth-order valence-corrected chi connectivity index (χ4v) is 8.47. The van der Waals surface area contributed by atoms with Crippen molar-refractivity contribution in [2.75, 3.05) is 0 Å². The Balaban J connectivity index is 1.65. The highest BCUT2D eigenvalue weighted by atomic mass is 16.4. The molecule has 4 saturated carbocycles. The van der Waals surface area contributed by atoms with Crippen LogP contribution in [-0.2, 0) is 4.79 Å². The standard InChI is InChI=1S/C22H36O2/c1-3-15-8-10-19-17-9-7-16-6-4-5-12-21(16,2)18(17)11-13-22(15,19)14-20(23)24/h15-19H,3-14H2,1-2H3,(H,23,24)/t15-,16?,17+,18-,19-,21-,22-/m0/s1. The van der Waals surface area contributed by atoms with Gasteiger partial charge in [0, 0.05) is 0 Å². The van der Waals surface area contributed by atoms with E-state index >= 15 is 0 Å². The van der Waals surface area contributed by atoms with Gasteiger partial charge in [0.2, 0.25) is 0 Å². The predicted molar refractivity (Wildman–Crippen MR) is 96.7 cm³/mol. The van der Waals surface area contributed by atoms with Gasteiger partial charge in [0.25, 0.3) is 0 Å². The molecule has 2 nitrogen and oxygen atoms in total. The molecule has 4 aliphatic rings. The lowest BCUT2D eigenvalue weighted by Gasteiger charge is -2.61. The Morgan fingerprint density at radius 2 is 1.83 bits per heavy atom. The van der Waals surface area contributed by atoms with E-state index in [-0.39, 0.29) is 5.41 Å². The number of hydrogen-bond donors (Lipinski definition) is 1. The summed E-state index contributed by atoms with van der Waals surface area (Å²) < 4.78 is 0. The number of carbonyl (C=O) groups is 1. The summed E-state index contributed by atoms with van der Waals surface area (Å²) in [5.74, 6) is 3.50. The van der Waals surface area contributed by atoms with Crippen LogP contribution in [0.2, 0.25) is 0 Å². The molecule has 4 aliphatic carbocycles. The lowest BCUT2D eigenvalue weighted by atomic mass is 9.44. The van der Waals surface area contributed by atoms with Crippen molar-refractivity contribution in [1.82, 2.24) is 0 Å². The lowest BCUT2D eigenvalue weighted by Crippen LogP contribution is -2.53. The van der Waals surface area contributed by atoms with Crippen molar-refractivity contribution in [2.24, 2.45) is 40.4 Å². The van der Waals surface area contributed by atoms with Gasteiger partial charge in [-0.3, -0.25) is 4.79 Å². The van der Waals surface area contributed by atoms with Crippen LogP contribution >= 0.6 is 0 Å². The minimum Gasteiger partial charge on any atom is -0.481 e. The largest absolute Gasteiger partial charge is 0.481 e. The molecule has 1 unspecified atom stereocenters. The number of rotatable bonds is 3. The topological polar surface area (TPSA) is 37.3 Å². The first-order chi connectivity index (χ1) is 11.5. The summed E-state index contributed by atoms with van der Waals surface area (Å²) >= 11 is 0. The number of hydrogen-bond acceptors (Lipinski definition) is 1. The van der Waals surface area contributed by atoms with Gasteiger partial charge in [0.15, 0.2) is 0 Å². The Labute approximate surface area is 147 Å². The second kappa shape index (κ2) is 6.02. The third-order valence-corrected chi connectivity index (χ3v) is 9.45. The van der Waals surface area contributed by atoms with Gasteiger partial charge in [-0.2, -0.15) is 0 Å². The maximum atomic E-state index is 11.7. The third kappa shape index (κ3) is 2.31. The number of carboxylic acid groups (broad SMARTS) is 1. The fraction of sp³-hybridized carbons (Fsp3) is 0.955. The molecule has 0 aromatic rings. The molecule has 24 heavy (non-hydrogen) atoms. The van der Waals surface area contributed by atoms with E-state index in [2.05, 4.69) is 13.8 Å². The van der Waals surface area contributed by atoms with Crippen LogP contribution in [0.25, 0.3) is 0 Å². The first-order valence-electron chi connectivity index (χ1n) is 10.7. The predicted octanol–water partition coefficient (Wildman–Crippen LogP) is 5.90. The van der Waals surface area contributed by atoms with E-state index in [1.807, 2.05) is 0 Å². The van der Waals surface area contributed by atoms with Gasteiger partial charge in [-0.1, -0.05) is 33.1 Å². The van der Waals surface area contributed by atoms with Crippen LogP contribution in [0.15, 0.2) is 0 Å². The molecule has 136 valence electrons. The lowest BCUT2D eigenvalue weighted by molar-refractivity contribution is -0.150. The van der Waals surface area contributed by atoms with Crippen LogP contribution in [0, 0.1) is 40.4 Å². The van der Waals surface area contributed by atoms with Crippen molar-refractivity contribution >= 4 is 5.97 Å². The summed E-state index contributed by atoms with van der Waals surface area (Å²) in [6.45, 7) is 4.91. The maximum Gasteiger partial charge on any atom is 0.303 e. The summed E-state index contributed by atoms with van der Waals surface area (Å²) in [7, 11) is 0. The van der Waals surface area contributed by atoms with Crippen molar-refractivity contribution in [3.63, 3.8) is 0 Å². The van der Waals surface area contributed by atoms with Crippen molar-refractivity contribution in [3.8, 4) is 0 Å². The van der Waals surface area contributed by atoms with Crippen molar-refractivity contribution in [2.45, 2.75) is 90.9 Å². The summed E-state index contributed by atoms with van der Waals surface area (Å²) in [6, 6.07) is 0. The highest BCUT2D eigenvalue weighted by molar-refractivity contribution is 5.68. The van der Waals surface area contributed by atoms with Crippen LogP contribution in [0.3, 0.4) is 0 Å². The minimum atomic E-state index is -0.545. The van der Waals surface area contributed by atoms with Crippen LogP contribution in [0.1, 0.15) is 90.9 Å². The van der Waals surface area contributed by atoms with E-state index in [0.717, 1.165) is 17.8 Å². The van der Waals surface area contributed by atoms with Gasteiger partial charge in [-0.25, -0.2) is 0 Å². The Morgan fingerprint density at radius 1 is 1.00 bits per heavy atom. The Bertz CT molecular complexity index is 500. The second-order valence-electron chi connectivity index (χ2n) is 9.93. The molecular weight excluding hydrogens is 296 g/mol. The first-order valence-corrected chi connectivity index (χ1v) is 10.7. The number of carboxylic acids is 1. The Morgan fingerprint density at radius 3 is 2.58 bits per heavy atom. The Hall–Kier alpha value is -0.530. The van der Waals surface area contributed by atoms with Crippen molar-refractivity contribution in [3.05, 3.63) is 0 Å². The molecule has 0 heterocycles. The van der Waals surface area contributed by atoms with E-state index in [4.69, 9.17) is 0 Å². The molecule has 0 spiro atoms. The summed E-state index contributed by atoms with van der Waals surface area (Å²) in [5, 5.41) is 9.66. The highest BCUT2D eigenvalue weighted by Crippen LogP contribution is 2.68. The molecule has 1 N–H and O–H groups in total. The molecule has 0 saturated heterocycles. The molecule has 0 radical (unpaired) electrons. The second-order valence-corrected chi connectivity index (χ2v) is 9.93. The average Bonchev–Trinajstić information content (AvgIpc) is 2.91. The summed E-state index contributed by atoms with van der Waals surface area (Å²) in [6.07, 6.45) is 15.3. The maximum absolute atomic E-state index is 11.7. The molecule has 0 aromatic heterocycles. The van der Waals surface area contributed by atoms with Gasteiger partial charge in [0.1, 0.15) is 0 Å². The van der Waals surface area contributed by atoms with Gasteiger partial charge >= 0.3 is 5.97 Å². The first kappa shape index (κ1) is 16.9. The van der Waals surface area contributed by atoms with E-state index in [1.165, 1.54) is 70.6 Å². The minimum absolute atomic E-state index is 0.139. The van der Waals surface area contributed by atoms with Crippen LogP contribution in [0.4, 0.5) is 0 Å². The van der Waals surface area contributed by atoms with E-state index in [9.17, 15) is 9.90 Å². The van der Waals surface area contributed by atoms with Gasteiger partial charge in [-0.05, 0) is 91.8 Å². The zero-order valence-electron chi connectivity index (χ0n) is 15.7. The van der Waals surface area contributed by atoms with Gasteiger partial charge in [-0.15, -0.1) is 0 Å². The molecule has 0 aromatic carbocycles. The van der Waals surface area contributed by atoms with Gasteiger partial charge in [0.05, 0.1) is 6.42 Å². The zero-order chi connectivity index (χ0) is 16.9. The molecule has 7 atom stereocenters. The van der Waals surface area contributed by atoms with Crippen LogP contribution in [-0.4, -0.2) is 11.1 Å². The highest BCUT2D eigenvalue weighted by Gasteiger charge is 2.61. The molecule has 0 bridgehead atoms. The molecule has 4 fully saturated rings. The SMILES string of the molecule is CC[C@H]1CC[C@H]2[C@@H]3CCC4CCCC[C@]4(C)[C@H]3CC[C@]12CC(=O)O. The third-order valence-electron chi connectivity index (χ3n) is 9.45. The van der Waals surface area contributed by atoms with E-state index < -0.39 is 5.97 Å². The number of aliphatic carboxylic acids is 1. The Kier molecular flexibility index (Phi) is 4.24. The zero-order valence-corrected chi connectivity index (χ0v) is 15.7. The van der Waals surface area contributed by atoms with Crippen molar-refractivity contribution in [1.29, 1.82) is 0 Å². The monoisotopic (exact) mass is 332 g/mol. The van der Waals surface area contributed by atoms with Gasteiger partial charge < -0.3 is 5.11 Å². The summed E-state index contributed by atoms with van der Waals surface area (Å²) in [4.78, 5) is 11.7.